The van der Waals surface area contributed by atoms with Gasteiger partial charge < -0.3 is 20.7 Å². The molecule has 8 nitrogen and oxygen atoms in total. The first-order chi connectivity index (χ1) is 21.6. The molecule has 0 aliphatic rings. The first kappa shape index (κ1) is 38.2. The third-order valence-corrected chi connectivity index (χ3v) is 8.50. The molecule has 0 saturated carbocycles. The minimum atomic E-state index is -1.99. The van der Waals surface area contributed by atoms with E-state index in [-0.39, 0.29) is 18.5 Å². The second-order valence-corrected chi connectivity index (χ2v) is 13.5. The Morgan fingerprint density at radius 2 is 1.20 bits per heavy atom. The van der Waals surface area contributed by atoms with Gasteiger partial charge in [0, 0.05) is 12.1 Å². The van der Waals surface area contributed by atoms with Crippen LogP contribution in [0.3, 0.4) is 0 Å². The number of carbonyl (C=O) groups is 4. The lowest BCUT2D eigenvalue weighted by Crippen LogP contribution is -2.65. The molecule has 0 aliphatic heterocycles. The summed E-state index contributed by atoms with van der Waals surface area (Å²) < 4.78 is 5.87. The molecule has 0 spiro atoms. The first-order valence-electron chi connectivity index (χ1n) is 16.5. The normalized spacial score (nSPS) is 15.5. The van der Waals surface area contributed by atoms with E-state index >= 15 is 4.79 Å². The zero-order valence-corrected chi connectivity index (χ0v) is 29.2. The van der Waals surface area contributed by atoms with Gasteiger partial charge in [-0.3, -0.25) is 19.2 Å². The highest BCUT2D eigenvalue weighted by Gasteiger charge is 2.61. The standard InChI is InChI=1S/C38H55N3O5/c1-11-20-30(34(43)46-37(8,9)10)31(33(42)41-32(28-21-16-14-17-22-28)29-23-18-15-19-24-29)38(25(4)5,35(44)39-26(6)12-2)36(45)40-27(7)13-3/h11,14-19,21-27,30-32H,1,12-13,20H2,2-10H3,(H,39,44)(H,40,45)(H,41,42)/t26?,27?,30-,31?,38?/m1/s1. The first-order valence-corrected chi connectivity index (χ1v) is 16.5. The smallest absolute Gasteiger partial charge is 0.310 e. The summed E-state index contributed by atoms with van der Waals surface area (Å²) in [4.78, 5) is 58.4. The maximum Gasteiger partial charge on any atom is 0.310 e. The second kappa shape index (κ2) is 17.1. The average Bonchev–Trinajstić information content (AvgIpc) is 3.00. The number of ether oxygens (including phenoxy) is 1. The fraction of sp³-hybridized carbons (Fsp3) is 0.526. The Hall–Kier alpha value is -3.94. The number of rotatable bonds is 16. The van der Waals surface area contributed by atoms with E-state index in [4.69, 9.17) is 4.74 Å². The molecule has 0 saturated heterocycles. The van der Waals surface area contributed by atoms with Crippen molar-refractivity contribution < 1.29 is 23.9 Å². The molecule has 0 aromatic heterocycles. The van der Waals surface area contributed by atoms with Crippen LogP contribution in [0, 0.1) is 23.2 Å². The Kier molecular flexibility index (Phi) is 14.2. The molecule has 2 rings (SSSR count). The van der Waals surface area contributed by atoms with Gasteiger partial charge in [0.05, 0.1) is 17.9 Å². The van der Waals surface area contributed by atoms with Crippen LogP contribution in [0.4, 0.5) is 0 Å². The molecular weight excluding hydrogens is 578 g/mol. The predicted octanol–water partition coefficient (Wildman–Crippen LogP) is 6.51. The van der Waals surface area contributed by atoms with Gasteiger partial charge in [-0.2, -0.15) is 0 Å². The highest BCUT2D eigenvalue weighted by Crippen LogP contribution is 2.44. The van der Waals surface area contributed by atoms with Crippen LogP contribution in [0.2, 0.25) is 0 Å². The molecule has 252 valence electrons. The van der Waals surface area contributed by atoms with Gasteiger partial charge in [-0.15, -0.1) is 6.58 Å². The lowest BCUT2D eigenvalue weighted by molar-refractivity contribution is -0.172. The van der Waals surface area contributed by atoms with Crippen LogP contribution in [0.25, 0.3) is 0 Å². The maximum absolute atomic E-state index is 15.0. The van der Waals surface area contributed by atoms with Gasteiger partial charge in [-0.05, 0) is 70.9 Å². The lowest BCUT2D eigenvalue weighted by Gasteiger charge is -2.44. The number of nitrogens with one attached hydrogen (secondary N) is 3. The monoisotopic (exact) mass is 633 g/mol. The number of esters is 1. The SMILES string of the molecule is C=CC[C@@H](C(=O)OC(C)(C)C)C(C(=O)NC(c1ccccc1)c1ccccc1)C(C(=O)NC(C)CC)(C(=O)NC(C)CC)C(C)C. The number of carbonyl (C=O) groups excluding carboxylic acids is 4. The molecule has 0 bridgehead atoms. The van der Waals surface area contributed by atoms with Crippen molar-refractivity contribution in [3.63, 3.8) is 0 Å². The summed E-state index contributed by atoms with van der Waals surface area (Å²) in [5.74, 6) is -5.85. The number of amides is 3. The van der Waals surface area contributed by atoms with Crippen LogP contribution >= 0.6 is 0 Å². The van der Waals surface area contributed by atoms with Crippen molar-refractivity contribution in [2.45, 2.75) is 105 Å². The van der Waals surface area contributed by atoms with Gasteiger partial charge >= 0.3 is 5.97 Å². The number of allylic oxidation sites excluding steroid dienone is 1. The van der Waals surface area contributed by atoms with E-state index in [1.807, 2.05) is 88.4 Å². The van der Waals surface area contributed by atoms with E-state index in [0.29, 0.717) is 12.8 Å². The quantitative estimate of drug-likeness (QED) is 0.111. The Balaban J connectivity index is 2.96. The molecule has 0 heterocycles. The van der Waals surface area contributed by atoms with Gasteiger partial charge in [-0.25, -0.2) is 0 Å². The highest BCUT2D eigenvalue weighted by atomic mass is 16.6. The maximum atomic E-state index is 15.0. The lowest BCUT2D eigenvalue weighted by atomic mass is 9.60. The van der Waals surface area contributed by atoms with Crippen LogP contribution in [-0.4, -0.2) is 41.4 Å². The molecule has 3 amide bonds. The average molecular weight is 634 g/mol. The van der Waals surface area contributed by atoms with Crippen LogP contribution in [0.5, 0.6) is 0 Å². The predicted molar refractivity (Wildman–Crippen MR) is 184 cm³/mol. The van der Waals surface area contributed by atoms with Gasteiger partial charge in [-0.1, -0.05) is 94.4 Å². The summed E-state index contributed by atoms with van der Waals surface area (Å²) in [5, 5.41) is 9.17. The molecule has 0 fully saturated rings. The van der Waals surface area contributed by atoms with Crippen LogP contribution in [-0.2, 0) is 23.9 Å². The second-order valence-electron chi connectivity index (χ2n) is 13.5. The molecule has 4 atom stereocenters. The fourth-order valence-electron chi connectivity index (χ4n) is 5.67. The van der Waals surface area contributed by atoms with Gasteiger partial charge in [0.1, 0.15) is 11.0 Å². The zero-order chi connectivity index (χ0) is 34.7. The molecule has 3 N–H and O–H groups in total. The Morgan fingerprint density at radius 1 is 0.761 bits per heavy atom. The van der Waals surface area contributed by atoms with Crippen molar-refractivity contribution in [1.29, 1.82) is 0 Å². The minimum absolute atomic E-state index is 0.00995. The van der Waals surface area contributed by atoms with E-state index in [0.717, 1.165) is 11.1 Å². The minimum Gasteiger partial charge on any atom is -0.460 e. The fourth-order valence-corrected chi connectivity index (χ4v) is 5.67. The van der Waals surface area contributed by atoms with Crippen molar-refractivity contribution in [2.24, 2.45) is 23.2 Å². The Bertz CT molecular complexity index is 1240. The third kappa shape index (κ3) is 9.54. The summed E-state index contributed by atoms with van der Waals surface area (Å²) in [6.07, 6.45) is 2.76. The molecule has 8 heteroatoms. The molecule has 0 radical (unpaired) electrons. The number of hydrogen-bond acceptors (Lipinski definition) is 5. The van der Waals surface area contributed by atoms with Crippen molar-refractivity contribution in [2.75, 3.05) is 0 Å². The van der Waals surface area contributed by atoms with Crippen molar-refractivity contribution >= 4 is 23.7 Å². The Morgan fingerprint density at radius 3 is 1.54 bits per heavy atom. The van der Waals surface area contributed by atoms with E-state index in [9.17, 15) is 14.4 Å². The number of hydrogen-bond donors (Lipinski definition) is 3. The van der Waals surface area contributed by atoms with E-state index in [1.54, 1.807) is 34.6 Å². The van der Waals surface area contributed by atoms with E-state index < -0.39 is 58.5 Å². The largest absolute Gasteiger partial charge is 0.460 e. The van der Waals surface area contributed by atoms with Gasteiger partial charge in [0.25, 0.3) is 0 Å². The Labute approximate surface area is 276 Å². The van der Waals surface area contributed by atoms with Crippen LogP contribution < -0.4 is 16.0 Å². The summed E-state index contributed by atoms with van der Waals surface area (Å²) >= 11 is 0. The summed E-state index contributed by atoms with van der Waals surface area (Å²) in [7, 11) is 0. The van der Waals surface area contributed by atoms with Gasteiger partial charge in [0.15, 0.2) is 0 Å². The topological polar surface area (TPSA) is 114 Å². The van der Waals surface area contributed by atoms with E-state index in [2.05, 4.69) is 22.5 Å². The third-order valence-electron chi connectivity index (χ3n) is 8.50. The molecule has 46 heavy (non-hydrogen) atoms. The summed E-state index contributed by atoms with van der Waals surface area (Å²) in [6.45, 7) is 20.2. The van der Waals surface area contributed by atoms with Crippen molar-refractivity contribution in [1.82, 2.24) is 16.0 Å². The van der Waals surface area contributed by atoms with Crippen molar-refractivity contribution in [3.8, 4) is 0 Å². The van der Waals surface area contributed by atoms with Crippen LogP contribution in [0.1, 0.15) is 98.7 Å². The molecule has 3 unspecified atom stereocenters. The molecule has 2 aromatic rings. The molecule has 0 aliphatic carbocycles. The van der Waals surface area contributed by atoms with Crippen molar-refractivity contribution in [3.05, 3.63) is 84.4 Å². The van der Waals surface area contributed by atoms with E-state index in [1.165, 1.54) is 6.08 Å². The van der Waals surface area contributed by atoms with Crippen LogP contribution in [0.15, 0.2) is 73.3 Å². The van der Waals surface area contributed by atoms with Gasteiger partial charge in [0.2, 0.25) is 17.7 Å². The molecule has 2 aromatic carbocycles. The highest BCUT2D eigenvalue weighted by molar-refractivity contribution is 6.10. The molecular formula is C38H55N3O5. The number of benzene rings is 2. The zero-order valence-electron chi connectivity index (χ0n) is 29.2. The summed E-state index contributed by atoms with van der Waals surface area (Å²) in [5.41, 5.74) is -1.25. The summed E-state index contributed by atoms with van der Waals surface area (Å²) in [6, 6.07) is 17.7.